The van der Waals surface area contributed by atoms with Crippen molar-refractivity contribution >= 4 is 33.5 Å². The van der Waals surface area contributed by atoms with Gasteiger partial charge < -0.3 is 14.4 Å². The summed E-state index contributed by atoms with van der Waals surface area (Å²) in [5.74, 6) is 0.586. The van der Waals surface area contributed by atoms with Crippen molar-refractivity contribution in [3.8, 4) is 11.5 Å². The highest BCUT2D eigenvalue weighted by Crippen LogP contribution is 2.25. The molecule has 2 aromatic carbocycles. The Balaban J connectivity index is 1.58. The molecular weight excluding hydrogens is 374 g/mol. The third kappa shape index (κ3) is 4.14. The van der Waals surface area contributed by atoms with Gasteiger partial charge in [-0.15, -0.1) is 0 Å². The molecule has 24 heavy (non-hydrogen) atoms. The van der Waals surface area contributed by atoms with Crippen molar-refractivity contribution in [2.45, 2.75) is 12.8 Å². The molecule has 0 saturated carbocycles. The number of anilines is 1. The molecule has 5 nitrogen and oxygen atoms in total. The van der Waals surface area contributed by atoms with Crippen LogP contribution in [0.15, 0.2) is 53.0 Å². The molecule has 124 valence electrons. The van der Waals surface area contributed by atoms with Gasteiger partial charge in [-0.25, -0.2) is 4.79 Å². The number of esters is 1. The summed E-state index contributed by atoms with van der Waals surface area (Å²) in [5.41, 5.74) is 0.747. The van der Waals surface area contributed by atoms with Crippen molar-refractivity contribution in [1.82, 2.24) is 0 Å². The molecule has 1 amide bonds. The van der Waals surface area contributed by atoms with Gasteiger partial charge in [-0.1, -0.05) is 22.0 Å². The molecule has 0 bridgehead atoms. The van der Waals surface area contributed by atoms with Crippen molar-refractivity contribution in [1.29, 1.82) is 0 Å². The maximum atomic E-state index is 11.9. The summed E-state index contributed by atoms with van der Waals surface area (Å²) in [6.45, 7) is 0.511. The van der Waals surface area contributed by atoms with Crippen molar-refractivity contribution in [2.24, 2.45) is 0 Å². The number of ether oxygens (including phenoxy) is 2. The van der Waals surface area contributed by atoms with Crippen LogP contribution in [-0.4, -0.2) is 25.0 Å². The van der Waals surface area contributed by atoms with Gasteiger partial charge in [0, 0.05) is 29.2 Å². The van der Waals surface area contributed by atoms with E-state index in [0.717, 1.165) is 16.6 Å². The zero-order valence-electron chi connectivity index (χ0n) is 12.9. The van der Waals surface area contributed by atoms with Crippen molar-refractivity contribution < 1.29 is 19.1 Å². The lowest BCUT2D eigenvalue weighted by atomic mass is 10.3. The number of carbonyl (C=O) groups is 2. The smallest absolute Gasteiger partial charge is 0.349 e. The number of hydrogen-bond donors (Lipinski definition) is 0. The Bertz CT molecular complexity index is 745. The maximum Gasteiger partial charge on any atom is 0.349 e. The molecule has 2 aromatic rings. The average molecular weight is 390 g/mol. The number of hydrogen-bond acceptors (Lipinski definition) is 4. The fourth-order valence-electron chi connectivity index (χ4n) is 2.47. The number of halogens is 1. The first kappa shape index (κ1) is 16.5. The minimum Gasteiger partial charge on any atom is -0.482 e. The molecule has 1 aliphatic rings. The van der Waals surface area contributed by atoms with Crippen LogP contribution in [0.3, 0.4) is 0 Å². The molecule has 1 saturated heterocycles. The predicted molar refractivity (Wildman–Crippen MR) is 93.3 cm³/mol. The van der Waals surface area contributed by atoms with E-state index in [0.29, 0.717) is 24.5 Å². The van der Waals surface area contributed by atoms with E-state index in [1.165, 1.54) is 0 Å². The van der Waals surface area contributed by atoms with Crippen LogP contribution in [0.4, 0.5) is 5.69 Å². The average Bonchev–Trinajstić information content (AvgIpc) is 3.01. The Morgan fingerprint density at radius 1 is 1.12 bits per heavy atom. The second-order valence-corrected chi connectivity index (χ2v) is 6.28. The minimum atomic E-state index is -0.497. The Hall–Kier alpha value is -2.34. The number of rotatable bonds is 5. The van der Waals surface area contributed by atoms with E-state index in [9.17, 15) is 9.59 Å². The maximum absolute atomic E-state index is 11.9. The lowest BCUT2D eigenvalue weighted by molar-refractivity contribution is -0.136. The van der Waals surface area contributed by atoms with Crippen LogP contribution in [0.1, 0.15) is 12.8 Å². The van der Waals surface area contributed by atoms with E-state index in [2.05, 4.69) is 15.9 Å². The first-order valence-electron chi connectivity index (χ1n) is 7.61. The highest BCUT2D eigenvalue weighted by atomic mass is 79.9. The summed E-state index contributed by atoms with van der Waals surface area (Å²) in [5, 5.41) is 0. The van der Waals surface area contributed by atoms with Crippen LogP contribution in [0, 0.1) is 0 Å². The van der Waals surface area contributed by atoms with Crippen molar-refractivity contribution in [3.63, 3.8) is 0 Å². The summed E-state index contributed by atoms with van der Waals surface area (Å²) < 4.78 is 11.6. The van der Waals surface area contributed by atoms with Gasteiger partial charge in [0.05, 0.1) is 0 Å². The standard InChI is InChI=1S/C18H16BrNO4/c19-13-6-8-15(9-7-13)23-12-18(22)24-16-4-1-3-14(11-16)20-10-2-5-17(20)21/h1,3-4,6-9,11H,2,5,10,12H2. The molecule has 0 unspecified atom stereocenters. The third-order valence-electron chi connectivity index (χ3n) is 3.60. The summed E-state index contributed by atoms with van der Waals surface area (Å²) in [4.78, 5) is 25.4. The molecule has 1 heterocycles. The number of amides is 1. The van der Waals surface area contributed by atoms with Crippen LogP contribution in [0.5, 0.6) is 11.5 Å². The summed E-state index contributed by atoms with van der Waals surface area (Å²) >= 11 is 3.33. The SMILES string of the molecule is O=C(COc1ccc(Br)cc1)Oc1cccc(N2CCCC2=O)c1. The molecule has 0 radical (unpaired) electrons. The van der Waals surface area contributed by atoms with E-state index >= 15 is 0 Å². The molecule has 3 rings (SSSR count). The van der Waals surface area contributed by atoms with E-state index < -0.39 is 5.97 Å². The Labute approximate surface area is 148 Å². The molecule has 0 aromatic heterocycles. The fourth-order valence-corrected chi connectivity index (χ4v) is 2.73. The molecule has 6 heteroatoms. The van der Waals surface area contributed by atoms with Crippen molar-refractivity contribution in [3.05, 3.63) is 53.0 Å². The summed E-state index contributed by atoms with van der Waals surface area (Å²) in [6.07, 6.45) is 1.41. The van der Waals surface area contributed by atoms with E-state index in [-0.39, 0.29) is 12.5 Å². The van der Waals surface area contributed by atoms with E-state index in [4.69, 9.17) is 9.47 Å². The van der Waals surface area contributed by atoms with Crippen molar-refractivity contribution in [2.75, 3.05) is 18.1 Å². The zero-order chi connectivity index (χ0) is 16.9. The van der Waals surface area contributed by atoms with Gasteiger partial charge in [-0.3, -0.25) is 4.79 Å². The topological polar surface area (TPSA) is 55.8 Å². The third-order valence-corrected chi connectivity index (χ3v) is 4.13. The zero-order valence-corrected chi connectivity index (χ0v) is 14.5. The number of nitrogens with zero attached hydrogens (tertiary/aromatic N) is 1. The molecule has 0 N–H and O–H groups in total. The second kappa shape index (κ2) is 7.49. The Morgan fingerprint density at radius 2 is 1.92 bits per heavy atom. The van der Waals surface area contributed by atoms with Crippen LogP contribution >= 0.6 is 15.9 Å². The summed E-state index contributed by atoms with van der Waals surface area (Å²) in [7, 11) is 0. The van der Waals surface area contributed by atoms with Gasteiger partial charge in [0.2, 0.25) is 5.91 Å². The van der Waals surface area contributed by atoms with E-state index in [1.807, 2.05) is 18.2 Å². The molecule has 0 spiro atoms. The van der Waals surface area contributed by atoms with Crippen LogP contribution in [0.25, 0.3) is 0 Å². The van der Waals surface area contributed by atoms with Gasteiger partial charge in [-0.05, 0) is 42.8 Å². The second-order valence-electron chi connectivity index (χ2n) is 5.36. The quantitative estimate of drug-likeness (QED) is 0.579. The largest absolute Gasteiger partial charge is 0.482 e. The first-order valence-corrected chi connectivity index (χ1v) is 8.40. The molecule has 1 fully saturated rings. The molecule has 1 aliphatic heterocycles. The van der Waals surface area contributed by atoms with Gasteiger partial charge in [-0.2, -0.15) is 0 Å². The lowest BCUT2D eigenvalue weighted by Crippen LogP contribution is -2.23. The Kier molecular flexibility index (Phi) is 5.15. The predicted octanol–water partition coefficient (Wildman–Crippen LogP) is 3.56. The number of carbonyl (C=O) groups excluding carboxylic acids is 2. The summed E-state index contributed by atoms with van der Waals surface area (Å²) in [6, 6.07) is 14.2. The van der Waals surface area contributed by atoms with Crippen LogP contribution in [-0.2, 0) is 9.59 Å². The number of benzene rings is 2. The lowest BCUT2D eigenvalue weighted by Gasteiger charge is -2.16. The van der Waals surface area contributed by atoms with Gasteiger partial charge >= 0.3 is 5.97 Å². The van der Waals surface area contributed by atoms with Gasteiger partial charge in [0.25, 0.3) is 0 Å². The van der Waals surface area contributed by atoms with E-state index in [1.54, 1.807) is 35.2 Å². The highest BCUT2D eigenvalue weighted by Gasteiger charge is 2.22. The Morgan fingerprint density at radius 3 is 2.62 bits per heavy atom. The molecular formula is C18H16BrNO4. The van der Waals surface area contributed by atoms with Crippen LogP contribution < -0.4 is 14.4 Å². The highest BCUT2D eigenvalue weighted by molar-refractivity contribution is 9.10. The first-order chi connectivity index (χ1) is 11.6. The normalized spacial score (nSPS) is 13.9. The monoisotopic (exact) mass is 389 g/mol. The fraction of sp³-hybridized carbons (Fsp3) is 0.222. The molecule has 0 aliphatic carbocycles. The minimum absolute atomic E-state index is 0.0945. The van der Waals surface area contributed by atoms with Gasteiger partial charge in [0.1, 0.15) is 11.5 Å². The molecule has 0 atom stereocenters. The van der Waals surface area contributed by atoms with Crippen LogP contribution in [0.2, 0.25) is 0 Å². The van der Waals surface area contributed by atoms with Gasteiger partial charge in [0.15, 0.2) is 6.61 Å².